The second-order valence-electron chi connectivity index (χ2n) is 6.29. The predicted molar refractivity (Wildman–Crippen MR) is 83.4 cm³/mol. The molecular formula is C17H28N2O. The van der Waals surface area contributed by atoms with E-state index in [0.29, 0.717) is 11.8 Å². The van der Waals surface area contributed by atoms with Crippen molar-refractivity contribution in [3.63, 3.8) is 0 Å². The molecule has 0 bridgehead atoms. The highest BCUT2D eigenvalue weighted by atomic mass is 16.3. The van der Waals surface area contributed by atoms with Crippen LogP contribution in [-0.2, 0) is 0 Å². The molecule has 0 aromatic heterocycles. The van der Waals surface area contributed by atoms with Gasteiger partial charge < -0.3 is 15.7 Å². The van der Waals surface area contributed by atoms with Crippen molar-refractivity contribution >= 4 is 0 Å². The highest BCUT2D eigenvalue weighted by molar-refractivity contribution is 5.19. The maximum Gasteiger partial charge on any atom is 0.0541 e. The summed E-state index contributed by atoms with van der Waals surface area (Å²) < 4.78 is 0. The lowest BCUT2D eigenvalue weighted by atomic mass is 9.90. The summed E-state index contributed by atoms with van der Waals surface area (Å²) in [5, 5.41) is 9.64. The second kappa shape index (κ2) is 7.21. The van der Waals surface area contributed by atoms with Gasteiger partial charge in [-0.05, 0) is 50.3 Å². The number of likely N-dealkylation sites (tertiary alicyclic amines) is 1. The van der Waals surface area contributed by atoms with E-state index in [0.717, 1.165) is 32.5 Å². The van der Waals surface area contributed by atoms with Gasteiger partial charge in [0.25, 0.3) is 0 Å². The van der Waals surface area contributed by atoms with Crippen molar-refractivity contribution in [2.24, 2.45) is 17.6 Å². The Morgan fingerprint density at radius 2 is 1.80 bits per heavy atom. The molecule has 2 rings (SSSR count). The van der Waals surface area contributed by atoms with E-state index in [1.165, 1.54) is 5.56 Å². The van der Waals surface area contributed by atoms with E-state index in [-0.39, 0.29) is 12.1 Å². The van der Waals surface area contributed by atoms with Gasteiger partial charge in [-0.2, -0.15) is 0 Å². The Morgan fingerprint density at radius 1 is 1.20 bits per heavy atom. The summed E-state index contributed by atoms with van der Waals surface area (Å²) in [6, 6.07) is 10.5. The van der Waals surface area contributed by atoms with Crippen molar-refractivity contribution in [1.29, 1.82) is 0 Å². The molecule has 1 aliphatic heterocycles. The second-order valence-corrected chi connectivity index (χ2v) is 6.29. The molecule has 0 amide bonds. The summed E-state index contributed by atoms with van der Waals surface area (Å²) >= 11 is 0. The smallest absolute Gasteiger partial charge is 0.0541 e. The van der Waals surface area contributed by atoms with Crippen molar-refractivity contribution in [3.8, 4) is 0 Å². The largest absolute Gasteiger partial charge is 0.393 e. The van der Waals surface area contributed by atoms with Gasteiger partial charge in [0, 0.05) is 12.6 Å². The van der Waals surface area contributed by atoms with Gasteiger partial charge in [0.2, 0.25) is 0 Å². The normalized spacial score (nSPS) is 22.4. The summed E-state index contributed by atoms with van der Waals surface area (Å²) in [7, 11) is 0. The number of hydrogen-bond donors (Lipinski definition) is 2. The standard InChI is InChI=1S/C17H28N2O/c1-13(17(18)16-6-4-3-5-7-16)12-19-10-8-15(9-11-19)14(2)20/h3-7,13-15,17,20H,8-12,18H2,1-2H3. The molecule has 0 spiro atoms. The van der Waals surface area contributed by atoms with E-state index >= 15 is 0 Å². The van der Waals surface area contributed by atoms with Gasteiger partial charge in [0.05, 0.1) is 6.10 Å². The third kappa shape index (κ3) is 4.05. The Balaban J connectivity index is 1.82. The van der Waals surface area contributed by atoms with Gasteiger partial charge in [0.15, 0.2) is 0 Å². The van der Waals surface area contributed by atoms with Crippen LogP contribution in [0.2, 0.25) is 0 Å². The van der Waals surface area contributed by atoms with Crippen LogP contribution in [-0.4, -0.2) is 35.7 Å². The SMILES string of the molecule is CC(O)C1CCN(CC(C)C(N)c2ccccc2)CC1. The highest BCUT2D eigenvalue weighted by Gasteiger charge is 2.25. The molecule has 0 aliphatic carbocycles. The lowest BCUT2D eigenvalue weighted by molar-refractivity contribution is 0.0659. The lowest BCUT2D eigenvalue weighted by Gasteiger charge is -2.35. The van der Waals surface area contributed by atoms with Gasteiger partial charge in [-0.25, -0.2) is 0 Å². The zero-order chi connectivity index (χ0) is 14.5. The molecule has 20 heavy (non-hydrogen) atoms. The average molecular weight is 276 g/mol. The van der Waals surface area contributed by atoms with Crippen molar-refractivity contribution in [3.05, 3.63) is 35.9 Å². The summed E-state index contributed by atoms with van der Waals surface area (Å²) in [4.78, 5) is 2.49. The van der Waals surface area contributed by atoms with Crippen LogP contribution >= 0.6 is 0 Å². The topological polar surface area (TPSA) is 49.5 Å². The van der Waals surface area contributed by atoms with Crippen molar-refractivity contribution in [2.45, 2.75) is 38.8 Å². The number of nitrogens with two attached hydrogens (primary N) is 1. The zero-order valence-corrected chi connectivity index (χ0v) is 12.7. The van der Waals surface area contributed by atoms with Crippen LogP contribution in [0.25, 0.3) is 0 Å². The number of hydrogen-bond acceptors (Lipinski definition) is 3. The molecule has 1 fully saturated rings. The van der Waals surface area contributed by atoms with E-state index in [9.17, 15) is 5.11 Å². The Labute approximate surface area is 122 Å². The van der Waals surface area contributed by atoms with Gasteiger partial charge in [-0.15, -0.1) is 0 Å². The molecule has 1 heterocycles. The van der Waals surface area contributed by atoms with Crippen molar-refractivity contribution in [2.75, 3.05) is 19.6 Å². The van der Waals surface area contributed by atoms with Crippen LogP contribution in [0.5, 0.6) is 0 Å². The molecule has 1 aliphatic rings. The maximum atomic E-state index is 9.64. The molecule has 112 valence electrons. The van der Waals surface area contributed by atoms with Crippen LogP contribution in [0, 0.1) is 11.8 Å². The Bertz CT molecular complexity index is 385. The van der Waals surface area contributed by atoms with Gasteiger partial charge in [-0.3, -0.25) is 0 Å². The van der Waals surface area contributed by atoms with Crippen molar-refractivity contribution < 1.29 is 5.11 Å². The predicted octanol–water partition coefficient (Wildman–Crippen LogP) is 2.42. The molecule has 3 atom stereocenters. The summed E-state index contributed by atoms with van der Waals surface area (Å²) in [6.45, 7) is 7.36. The number of benzene rings is 1. The zero-order valence-electron chi connectivity index (χ0n) is 12.7. The van der Waals surface area contributed by atoms with E-state index in [2.05, 4.69) is 36.1 Å². The fourth-order valence-electron chi connectivity index (χ4n) is 3.14. The van der Waals surface area contributed by atoms with Crippen LogP contribution in [0.4, 0.5) is 0 Å². The fourth-order valence-corrected chi connectivity index (χ4v) is 3.14. The summed E-state index contributed by atoms with van der Waals surface area (Å²) in [6.07, 6.45) is 2.04. The molecular weight excluding hydrogens is 248 g/mol. The first kappa shape index (κ1) is 15.5. The highest BCUT2D eigenvalue weighted by Crippen LogP contribution is 2.24. The van der Waals surface area contributed by atoms with Crippen LogP contribution in [0.15, 0.2) is 30.3 Å². The molecule has 1 aromatic rings. The third-order valence-corrected chi connectivity index (χ3v) is 4.66. The van der Waals surface area contributed by atoms with Crippen LogP contribution in [0.3, 0.4) is 0 Å². The van der Waals surface area contributed by atoms with Crippen molar-refractivity contribution in [1.82, 2.24) is 4.90 Å². The first-order valence-electron chi connectivity index (χ1n) is 7.79. The first-order valence-corrected chi connectivity index (χ1v) is 7.79. The van der Waals surface area contributed by atoms with E-state index in [1.54, 1.807) is 0 Å². The lowest BCUT2D eigenvalue weighted by Crippen LogP contribution is -2.40. The third-order valence-electron chi connectivity index (χ3n) is 4.66. The molecule has 1 aromatic carbocycles. The minimum Gasteiger partial charge on any atom is -0.393 e. The Kier molecular flexibility index (Phi) is 5.58. The van der Waals surface area contributed by atoms with E-state index < -0.39 is 0 Å². The summed E-state index contributed by atoms with van der Waals surface area (Å²) in [5.41, 5.74) is 7.59. The monoisotopic (exact) mass is 276 g/mol. The average Bonchev–Trinajstić information content (AvgIpc) is 2.48. The number of piperidine rings is 1. The molecule has 0 saturated carbocycles. The van der Waals surface area contributed by atoms with E-state index in [1.807, 2.05) is 13.0 Å². The molecule has 3 nitrogen and oxygen atoms in total. The minimum absolute atomic E-state index is 0.102. The van der Waals surface area contributed by atoms with E-state index in [4.69, 9.17) is 5.73 Å². The Hall–Kier alpha value is -0.900. The molecule has 3 N–H and O–H groups in total. The molecule has 3 unspecified atom stereocenters. The molecule has 0 radical (unpaired) electrons. The van der Waals surface area contributed by atoms with Crippen LogP contribution < -0.4 is 5.73 Å². The number of aliphatic hydroxyl groups is 1. The quantitative estimate of drug-likeness (QED) is 0.868. The fraction of sp³-hybridized carbons (Fsp3) is 0.647. The van der Waals surface area contributed by atoms with Gasteiger partial charge in [-0.1, -0.05) is 37.3 Å². The summed E-state index contributed by atoms with van der Waals surface area (Å²) in [5.74, 6) is 0.921. The van der Waals surface area contributed by atoms with Gasteiger partial charge in [0.1, 0.15) is 0 Å². The number of rotatable bonds is 5. The number of aliphatic hydroxyl groups excluding tert-OH is 1. The Morgan fingerprint density at radius 3 is 2.35 bits per heavy atom. The van der Waals surface area contributed by atoms with Crippen LogP contribution in [0.1, 0.15) is 38.3 Å². The number of nitrogens with zero attached hydrogens (tertiary/aromatic N) is 1. The van der Waals surface area contributed by atoms with Gasteiger partial charge >= 0.3 is 0 Å². The maximum absolute atomic E-state index is 9.64. The molecule has 3 heteroatoms. The minimum atomic E-state index is -0.166. The molecule has 1 saturated heterocycles. The first-order chi connectivity index (χ1) is 9.58.